The third-order valence-electron chi connectivity index (χ3n) is 7.51. The molecule has 3 fully saturated rings. The molecule has 4 rings (SSSR count). The van der Waals surface area contributed by atoms with E-state index in [0.29, 0.717) is 0 Å². The third kappa shape index (κ3) is 2.01. The maximum atomic E-state index is 2.78. The van der Waals surface area contributed by atoms with Crippen molar-refractivity contribution in [1.29, 1.82) is 0 Å². The number of rotatable bonds is 1. The minimum Gasteiger partial charge on any atom is -0.0816 e. The molecular weight excluding hydrogens is 240 g/mol. The van der Waals surface area contributed by atoms with Gasteiger partial charge in [0.05, 0.1) is 0 Å². The van der Waals surface area contributed by atoms with Crippen LogP contribution in [0.25, 0.3) is 0 Å². The van der Waals surface area contributed by atoms with Crippen molar-refractivity contribution in [2.24, 2.45) is 41.4 Å². The van der Waals surface area contributed by atoms with Crippen LogP contribution in [0.4, 0.5) is 0 Å². The van der Waals surface area contributed by atoms with E-state index in [2.05, 4.69) is 19.9 Å². The Kier molecular flexibility index (Phi) is 3.47. The molecule has 0 bridgehead atoms. The van der Waals surface area contributed by atoms with Gasteiger partial charge in [-0.05, 0) is 67.1 Å². The third-order valence-corrected chi connectivity index (χ3v) is 7.51. The lowest BCUT2D eigenvalue weighted by molar-refractivity contribution is -0.00396. The summed E-state index contributed by atoms with van der Waals surface area (Å²) in [6.45, 7) is 5.10. The molecular formula is C20H32. The smallest absolute Gasteiger partial charge is 0.0166 e. The summed E-state index contributed by atoms with van der Waals surface area (Å²) >= 11 is 0. The Morgan fingerprint density at radius 3 is 2.40 bits per heavy atom. The molecule has 0 aliphatic heterocycles. The lowest BCUT2D eigenvalue weighted by Crippen LogP contribution is -2.47. The van der Waals surface area contributed by atoms with Crippen molar-refractivity contribution in [3.05, 3.63) is 11.6 Å². The highest BCUT2D eigenvalue weighted by atomic mass is 14.5. The lowest BCUT2D eigenvalue weighted by atomic mass is 9.50. The first-order valence-electron chi connectivity index (χ1n) is 9.47. The average Bonchev–Trinajstić information content (AvgIpc) is 2.98. The van der Waals surface area contributed by atoms with Crippen molar-refractivity contribution in [2.45, 2.75) is 71.6 Å². The minimum absolute atomic E-state index is 0.864. The molecule has 0 spiro atoms. The molecule has 0 aromatic carbocycles. The monoisotopic (exact) mass is 272 g/mol. The molecule has 0 aromatic rings. The molecule has 4 aliphatic rings. The first-order chi connectivity index (χ1) is 9.75. The topological polar surface area (TPSA) is 0 Å². The van der Waals surface area contributed by atoms with Gasteiger partial charge in [-0.15, -0.1) is 0 Å². The van der Waals surface area contributed by atoms with Gasteiger partial charge >= 0.3 is 0 Å². The summed E-state index contributed by atoms with van der Waals surface area (Å²) in [5.74, 6) is 7.01. The van der Waals surface area contributed by atoms with E-state index < -0.39 is 0 Å². The summed E-state index contributed by atoms with van der Waals surface area (Å²) in [6.07, 6.45) is 16.4. The summed E-state index contributed by atoms with van der Waals surface area (Å²) < 4.78 is 0. The average molecular weight is 272 g/mol. The van der Waals surface area contributed by atoms with E-state index in [4.69, 9.17) is 0 Å². The molecule has 0 saturated heterocycles. The molecule has 6 atom stereocenters. The Bertz CT molecular complexity index is 387. The van der Waals surface area contributed by atoms with Crippen LogP contribution in [0.5, 0.6) is 0 Å². The predicted octanol–water partition coefficient (Wildman–Crippen LogP) is 5.83. The van der Waals surface area contributed by atoms with Crippen LogP contribution < -0.4 is 0 Å². The molecule has 0 amide bonds. The molecule has 6 unspecified atom stereocenters. The van der Waals surface area contributed by atoms with E-state index in [1.165, 1.54) is 44.9 Å². The zero-order chi connectivity index (χ0) is 13.7. The van der Waals surface area contributed by atoms with Crippen LogP contribution in [-0.4, -0.2) is 0 Å². The Morgan fingerprint density at radius 2 is 1.60 bits per heavy atom. The van der Waals surface area contributed by atoms with Crippen LogP contribution in [0, 0.1) is 41.4 Å². The zero-order valence-electron chi connectivity index (χ0n) is 13.5. The number of hydrogen-bond donors (Lipinski definition) is 0. The lowest BCUT2D eigenvalue weighted by Gasteiger charge is -2.54. The van der Waals surface area contributed by atoms with Gasteiger partial charge in [-0.25, -0.2) is 0 Å². The van der Waals surface area contributed by atoms with Gasteiger partial charge in [0, 0.05) is 0 Å². The normalized spacial score (nSPS) is 48.8. The first kappa shape index (κ1) is 13.4. The first-order valence-corrected chi connectivity index (χ1v) is 9.47. The summed E-state index contributed by atoms with van der Waals surface area (Å²) in [5.41, 5.74) is 1.95. The largest absolute Gasteiger partial charge is 0.0816 e. The van der Waals surface area contributed by atoms with Crippen molar-refractivity contribution >= 4 is 0 Å². The van der Waals surface area contributed by atoms with Crippen molar-refractivity contribution < 1.29 is 0 Å². The summed E-state index contributed by atoms with van der Waals surface area (Å²) in [6, 6.07) is 0. The highest BCUT2D eigenvalue weighted by Gasteiger charge is 2.49. The molecule has 20 heavy (non-hydrogen) atoms. The van der Waals surface area contributed by atoms with Crippen LogP contribution >= 0.6 is 0 Å². The Balaban J connectivity index is 1.69. The molecule has 3 saturated carbocycles. The van der Waals surface area contributed by atoms with Crippen LogP contribution in [0.15, 0.2) is 11.6 Å². The molecule has 0 aromatic heterocycles. The Labute approximate surface area is 125 Å². The van der Waals surface area contributed by atoms with E-state index >= 15 is 0 Å². The molecule has 0 nitrogen and oxygen atoms in total. The highest BCUT2D eigenvalue weighted by molar-refractivity contribution is 5.22. The second-order valence-electron chi connectivity index (χ2n) is 8.51. The fourth-order valence-electron chi connectivity index (χ4n) is 6.78. The van der Waals surface area contributed by atoms with Gasteiger partial charge in [-0.3, -0.25) is 0 Å². The molecule has 0 radical (unpaired) electrons. The fourth-order valence-corrected chi connectivity index (χ4v) is 6.78. The Hall–Kier alpha value is -0.260. The SMILES string of the molecule is CC1C=C(C2CCCC2)C2CCCC3CCC(C)C1C32. The summed E-state index contributed by atoms with van der Waals surface area (Å²) in [4.78, 5) is 0. The molecule has 4 aliphatic carbocycles. The zero-order valence-corrected chi connectivity index (χ0v) is 13.5. The van der Waals surface area contributed by atoms with Gasteiger partial charge in [-0.2, -0.15) is 0 Å². The van der Waals surface area contributed by atoms with Gasteiger partial charge in [-0.1, -0.05) is 57.6 Å². The van der Waals surface area contributed by atoms with E-state index in [-0.39, 0.29) is 0 Å². The van der Waals surface area contributed by atoms with Gasteiger partial charge < -0.3 is 0 Å². The molecule has 0 N–H and O–H groups in total. The van der Waals surface area contributed by atoms with Crippen LogP contribution in [-0.2, 0) is 0 Å². The predicted molar refractivity (Wildman–Crippen MR) is 85.4 cm³/mol. The maximum absolute atomic E-state index is 2.78. The minimum atomic E-state index is 0.864. The van der Waals surface area contributed by atoms with E-state index in [1.807, 2.05) is 5.57 Å². The van der Waals surface area contributed by atoms with Crippen LogP contribution in [0.1, 0.15) is 71.6 Å². The van der Waals surface area contributed by atoms with Crippen LogP contribution in [0.3, 0.4) is 0 Å². The molecule has 0 heterocycles. The number of allylic oxidation sites excluding steroid dienone is 2. The Morgan fingerprint density at radius 1 is 0.800 bits per heavy atom. The van der Waals surface area contributed by atoms with Crippen molar-refractivity contribution in [2.75, 3.05) is 0 Å². The molecule has 0 heteroatoms. The van der Waals surface area contributed by atoms with Crippen molar-refractivity contribution in [3.63, 3.8) is 0 Å². The summed E-state index contributed by atoms with van der Waals surface area (Å²) in [7, 11) is 0. The second kappa shape index (κ2) is 5.18. The van der Waals surface area contributed by atoms with E-state index in [0.717, 1.165) is 41.4 Å². The van der Waals surface area contributed by atoms with E-state index in [1.54, 1.807) is 12.8 Å². The standard InChI is InChI=1S/C20H32/c1-13-10-11-16-8-5-9-17-18(15-6-3-4-7-15)12-14(2)19(13)20(16)17/h12-17,19-20H,3-11H2,1-2H3. The van der Waals surface area contributed by atoms with Gasteiger partial charge in [0.2, 0.25) is 0 Å². The number of hydrogen-bond acceptors (Lipinski definition) is 0. The second-order valence-corrected chi connectivity index (χ2v) is 8.51. The van der Waals surface area contributed by atoms with Gasteiger partial charge in [0.1, 0.15) is 0 Å². The van der Waals surface area contributed by atoms with Crippen LogP contribution in [0.2, 0.25) is 0 Å². The fraction of sp³-hybridized carbons (Fsp3) is 0.900. The highest BCUT2D eigenvalue weighted by Crippen LogP contribution is 2.58. The van der Waals surface area contributed by atoms with Gasteiger partial charge in [0.25, 0.3) is 0 Å². The van der Waals surface area contributed by atoms with E-state index in [9.17, 15) is 0 Å². The molecule has 112 valence electrons. The quantitative estimate of drug-likeness (QED) is 0.527. The van der Waals surface area contributed by atoms with Crippen molar-refractivity contribution in [3.8, 4) is 0 Å². The van der Waals surface area contributed by atoms with Gasteiger partial charge in [0.15, 0.2) is 0 Å². The maximum Gasteiger partial charge on any atom is -0.0166 e. The van der Waals surface area contributed by atoms with Crippen molar-refractivity contribution in [1.82, 2.24) is 0 Å². The summed E-state index contributed by atoms with van der Waals surface area (Å²) in [5, 5.41) is 0.